The molecule has 1 aromatic rings. The van der Waals surface area contributed by atoms with Gasteiger partial charge in [-0.3, -0.25) is 4.79 Å². The van der Waals surface area contributed by atoms with Gasteiger partial charge in [-0.05, 0) is 25.8 Å². The molecule has 0 spiro atoms. The van der Waals surface area contributed by atoms with Crippen LogP contribution in [0.5, 0.6) is 5.75 Å². The monoisotopic (exact) mass is 340 g/mol. The molecule has 7 heteroatoms. The van der Waals surface area contributed by atoms with E-state index in [1.165, 1.54) is 10.6 Å². The molecule has 1 aromatic carbocycles. The molecule has 2 rings (SSSR count). The third kappa shape index (κ3) is 4.45. The molecule has 1 aliphatic heterocycles. The molecule has 128 valence electrons. The highest BCUT2D eigenvalue weighted by molar-refractivity contribution is 7.88. The Hall–Kier alpha value is -1.60. The van der Waals surface area contributed by atoms with Crippen molar-refractivity contribution < 1.29 is 17.9 Å². The fourth-order valence-electron chi connectivity index (χ4n) is 2.89. The van der Waals surface area contributed by atoms with E-state index in [0.717, 1.165) is 11.3 Å². The maximum atomic E-state index is 12.5. The van der Waals surface area contributed by atoms with Crippen molar-refractivity contribution in [3.05, 3.63) is 29.8 Å². The lowest BCUT2D eigenvalue weighted by Crippen LogP contribution is -2.45. The Bertz CT molecular complexity index is 660. The van der Waals surface area contributed by atoms with Gasteiger partial charge >= 0.3 is 0 Å². The van der Waals surface area contributed by atoms with Crippen LogP contribution in [-0.2, 0) is 14.8 Å². The maximum absolute atomic E-state index is 12.5. The number of carbonyl (C=O) groups is 1. The molecule has 1 heterocycles. The van der Waals surface area contributed by atoms with Crippen molar-refractivity contribution in [1.82, 2.24) is 9.62 Å². The van der Waals surface area contributed by atoms with Crippen molar-refractivity contribution >= 4 is 15.9 Å². The molecule has 23 heavy (non-hydrogen) atoms. The smallest absolute Gasteiger partial charge is 0.224 e. The Morgan fingerprint density at radius 2 is 2.09 bits per heavy atom. The van der Waals surface area contributed by atoms with Crippen LogP contribution in [0.25, 0.3) is 0 Å². The van der Waals surface area contributed by atoms with E-state index in [4.69, 9.17) is 4.74 Å². The minimum absolute atomic E-state index is 0.114. The SMILES string of the molecule is COc1ccccc1[C@H](C)NC(=O)[C@@H]1CCCN(S(C)(=O)=O)C1. The molecule has 1 amide bonds. The number of piperidine rings is 1. The van der Waals surface area contributed by atoms with E-state index in [2.05, 4.69) is 5.32 Å². The zero-order valence-corrected chi connectivity index (χ0v) is 14.6. The summed E-state index contributed by atoms with van der Waals surface area (Å²) in [6, 6.07) is 7.33. The van der Waals surface area contributed by atoms with Gasteiger partial charge in [0.15, 0.2) is 0 Å². The van der Waals surface area contributed by atoms with Gasteiger partial charge in [0, 0.05) is 18.7 Å². The summed E-state index contributed by atoms with van der Waals surface area (Å²) >= 11 is 0. The normalized spacial score (nSPS) is 20.7. The van der Waals surface area contributed by atoms with Gasteiger partial charge in [-0.1, -0.05) is 18.2 Å². The molecule has 1 saturated heterocycles. The van der Waals surface area contributed by atoms with Crippen LogP contribution in [0.15, 0.2) is 24.3 Å². The molecule has 1 aliphatic rings. The second-order valence-corrected chi connectivity index (χ2v) is 7.91. The Morgan fingerprint density at radius 1 is 1.39 bits per heavy atom. The third-order valence-corrected chi connectivity index (χ3v) is 5.46. The van der Waals surface area contributed by atoms with Gasteiger partial charge in [0.05, 0.1) is 25.3 Å². The molecule has 1 fully saturated rings. The van der Waals surface area contributed by atoms with Crippen LogP contribution >= 0.6 is 0 Å². The van der Waals surface area contributed by atoms with Crippen molar-refractivity contribution in [2.75, 3.05) is 26.5 Å². The van der Waals surface area contributed by atoms with Gasteiger partial charge in [-0.2, -0.15) is 0 Å². The van der Waals surface area contributed by atoms with E-state index in [0.29, 0.717) is 19.4 Å². The van der Waals surface area contributed by atoms with E-state index in [1.54, 1.807) is 7.11 Å². The number of amides is 1. The first kappa shape index (κ1) is 17.7. The lowest BCUT2D eigenvalue weighted by atomic mass is 9.97. The standard InChI is InChI=1S/C16H24N2O4S/c1-12(14-8-4-5-9-15(14)22-2)17-16(19)13-7-6-10-18(11-13)23(3,20)21/h4-5,8-9,12-13H,6-7,10-11H2,1-3H3,(H,17,19)/t12-,13+/m0/s1. The first-order valence-corrected chi connectivity index (χ1v) is 9.56. The summed E-state index contributed by atoms with van der Waals surface area (Å²) in [5.74, 6) is 0.300. The number of rotatable bonds is 5. The molecule has 0 unspecified atom stereocenters. The summed E-state index contributed by atoms with van der Waals surface area (Å²) in [6.45, 7) is 2.64. The Morgan fingerprint density at radius 3 is 2.74 bits per heavy atom. The summed E-state index contributed by atoms with van der Waals surface area (Å²) in [7, 11) is -1.65. The number of para-hydroxylation sites is 1. The lowest BCUT2D eigenvalue weighted by molar-refractivity contribution is -0.126. The minimum atomic E-state index is -3.25. The van der Waals surface area contributed by atoms with E-state index in [9.17, 15) is 13.2 Å². The number of hydrogen-bond donors (Lipinski definition) is 1. The van der Waals surface area contributed by atoms with Crippen molar-refractivity contribution in [2.45, 2.75) is 25.8 Å². The van der Waals surface area contributed by atoms with Crippen LogP contribution in [0.3, 0.4) is 0 Å². The summed E-state index contributed by atoms with van der Waals surface area (Å²) in [5.41, 5.74) is 0.902. The highest BCUT2D eigenvalue weighted by Crippen LogP contribution is 2.25. The third-order valence-electron chi connectivity index (χ3n) is 4.19. The van der Waals surface area contributed by atoms with Crippen LogP contribution < -0.4 is 10.1 Å². The first-order chi connectivity index (χ1) is 10.8. The number of sulfonamides is 1. The Kier molecular flexibility index (Phi) is 5.64. The summed E-state index contributed by atoms with van der Waals surface area (Å²) in [4.78, 5) is 12.5. The van der Waals surface area contributed by atoms with Crippen LogP contribution in [0.2, 0.25) is 0 Å². The predicted molar refractivity (Wildman–Crippen MR) is 88.7 cm³/mol. The average molecular weight is 340 g/mol. The minimum Gasteiger partial charge on any atom is -0.496 e. The van der Waals surface area contributed by atoms with Crippen LogP contribution in [0, 0.1) is 5.92 Å². The van der Waals surface area contributed by atoms with E-state index in [-0.39, 0.29) is 24.4 Å². The number of ether oxygens (including phenoxy) is 1. The first-order valence-electron chi connectivity index (χ1n) is 7.71. The number of nitrogens with one attached hydrogen (secondary N) is 1. The molecule has 0 radical (unpaired) electrons. The molecule has 0 aromatic heterocycles. The largest absolute Gasteiger partial charge is 0.496 e. The van der Waals surface area contributed by atoms with Crippen molar-refractivity contribution in [3.63, 3.8) is 0 Å². The van der Waals surface area contributed by atoms with Crippen molar-refractivity contribution in [3.8, 4) is 5.75 Å². The molecular weight excluding hydrogens is 316 g/mol. The summed E-state index contributed by atoms with van der Waals surface area (Å²) in [6.07, 6.45) is 2.59. The zero-order chi connectivity index (χ0) is 17.0. The van der Waals surface area contributed by atoms with Crippen molar-refractivity contribution in [2.24, 2.45) is 5.92 Å². The molecule has 1 N–H and O–H groups in total. The van der Waals surface area contributed by atoms with Gasteiger partial charge in [-0.15, -0.1) is 0 Å². The fourth-order valence-corrected chi connectivity index (χ4v) is 3.80. The fraction of sp³-hybridized carbons (Fsp3) is 0.562. The summed E-state index contributed by atoms with van der Waals surface area (Å²) in [5, 5.41) is 2.97. The van der Waals surface area contributed by atoms with Gasteiger partial charge < -0.3 is 10.1 Å². The second kappa shape index (κ2) is 7.31. The van der Waals surface area contributed by atoms with E-state index >= 15 is 0 Å². The van der Waals surface area contributed by atoms with Crippen LogP contribution in [0.1, 0.15) is 31.4 Å². The Labute approximate surface area is 137 Å². The van der Waals surface area contributed by atoms with Crippen LogP contribution in [0.4, 0.5) is 0 Å². The second-order valence-electron chi connectivity index (χ2n) is 5.93. The molecule has 0 saturated carbocycles. The molecule has 2 atom stereocenters. The predicted octanol–water partition coefficient (Wildman–Crippen LogP) is 1.54. The lowest BCUT2D eigenvalue weighted by Gasteiger charge is -2.31. The quantitative estimate of drug-likeness (QED) is 0.882. The summed E-state index contributed by atoms with van der Waals surface area (Å²) < 4.78 is 30.0. The number of hydrogen-bond acceptors (Lipinski definition) is 4. The molecule has 0 aliphatic carbocycles. The highest BCUT2D eigenvalue weighted by Gasteiger charge is 2.30. The van der Waals surface area contributed by atoms with Gasteiger partial charge in [-0.25, -0.2) is 12.7 Å². The van der Waals surface area contributed by atoms with Crippen LogP contribution in [-0.4, -0.2) is 45.1 Å². The maximum Gasteiger partial charge on any atom is 0.224 e. The molecule has 0 bridgehead atoms. The van der Waals surface area contributed by atoms with Gasteiger partial charge in [0.25, 0.3) is 0 Å². The van der Waals surface area contributed by atoms with Crippen molar-refractivity contribution in [1.29, 1.82) is 0 Å². The molecule has 6 nitrogen and oxygen atoms in total. The van der Waals surface area contributed by atoms with E-state index in [1.807, 2.05) is 31.2 Å². The zero-order valence-electron chi connectivity index (χ0n) is 13.8. The highest BCUT2D eigenvalue weighted by atomic mass is 32.2. The number of carbonyl (C=O) groups excluding carboxylic acids is 1. The number of nitrogens with zero attached hydrogens (tertiary/aromatic N) is 1. The number of benzene rings is 1. The number of methoxy groups -OCH3 is 1. The van der Waals surface area contributed by atoms with E-state index < -0.39 is 10.0 Å². The molecular formula is C16H24N2O4S. The Balaban J connectivity index is 2.03. The topological polar surface area (TPSA) is 75.7 Å². The average Bonchev–Trinajstić information content (AvgIpc) is 2.54. The van der Waals surface area contributed by atoms with Gasteiger partial charge in [0.1, 0.15) is 5.75 Å². The van der Waals surface area contributed by atoms with Gasteiger partial charge in [0.2, 0.25) is 15.9 Å².